The van der Waals surface area contributed by atoms with Crippen molar-refractivity contribution in [3.05, 3.63) is 89.8 Å². The zero-order chi connectivity index (χ0) is 29.4. The Morgan fingerprint density at radius 3 is 2.10 bits per heavy atom. The minimum Gasteiger partial charge on any atom is -0.481 e. The van der Waals surface area contributed by atoms with E-state index in [4.69, 9.17) is 16.3 Å². The molecule has 0 atom stereocenters. The molecule has 1 heterocycles. The first kappa shape index (κ1) is 28.0. The molecular formula is C28H24ClN3O9. The van der Waals surface area contributed by atoms with Crippen LogP contribution in [0.25, 0.3) is 0 Å². The van der Waals surface area contributed by atoms with Crippen molar-refractivity contribution >= 4 is 40.5 Å². The fraction of sp³-hybridized carbons (Fsp3) is 0.321. The van der Waals surface area contributed by atoms with Gasteiger partial charge in [-0.25, -0.2) is 0 Å². The molecule has 1 N–H and O–H groups in total. The fourth-order valence-corrected chi connectivity index (χ4v) is 5.99. The minimum atomic E-state index is -1.00. The molecule has 0 saturated heterocycles. The lowest BCUT2D eigenvalue weighted by Gasteiger charge is -2.44. The molecule has 0 unspecified atom stereocenters. The molecule has 0 spiro atoms. The predicted molar refractivity (Wildman–Crippen MR) is 145 cm³/mol. The summed E-state index contributed by atoms with van der Waals surface area (Å²) in [5, 5.41) is 32.6. The molecule has 0 aromatic heterocycles. The highest BCUT2D eigenvalue weighted by atomic mass is 35.5. The summed E-state index contributed by atoms with van der Waals surface area (Å²) in [4.78, 5) is 61.7. The number of non-ortho nitro benzene ring substituents is 1. The summed E-state index contributed by atoms with van der Waals surface area (Å²) in [5.41, 5.74) is 1.27. The second kappa shape index (κ2) is 11.1. The largest absolute Gasteiger partial charge is 0.481 e. The van der Waals surface area contributed by atoms with Gasteiger partial charge in [-0.15, -0.1) is 0 Å². The first-order valence-corrected chi connectivity index (χ1v) is 13.4. The highest BCUT2D eigenvalue weighted by Crippen LogP contribution is 2.52. The number of allylic oxidation sites excluding steroid dienone is 4. The summed E-state index contributed by atoms with van der Waals surface area (Å²) in [6.07, 6.45) is 2.44. The van der Waals surface area contributed by atoms with Crippen molar-refractivity contribution in [1.82, 2.24) is 4.90 Å². The lowest BCUT2D eigenvalue weighted by molar-refractivity contribution is -0.394. The van der Waals surface area contributed by atoms with E-state index in [2.05, 4.69) is 0 Å². The maximum absolute atomic E-state index is 13.5. The molecule has 2 aromatic carbocycles. The molecule has 0 bridgehead atoms. The van der Waals surface area contributed by atoms with E-state index in [0.717, 1.165) is 18.2 Å². The van der Waals surface area contributed by atoms with E-state index in [1.54, 1.807) is 6.07 Å². The van der Waals surface area contributed by atoms with Crippen LogP contribution < -0.4 is 4.74 Å². The van der Waals surface area contributed by atoms with Gasteiger partial charge in [0.15, 0.2) is 11.6 Å². The molecule has 0 radical (unpaired) electrons. The molecule has 0 saturated carbocycles. The van der Waals surface area contributed by atoms with Crippen LogP contribution in [0.3, 0.4) is 0 Å². The Morgan fingerprint density at radius 1 is 0.927 bits per heavy atom. The number of hydrogen-bond donors (Lipinski definition) is 1. The number of Topliss-reactive ketones (excluding diaryl/α,β-unsaturated/α-hetero) is 2. The van der Waals surface area contributed by atoms with Crippen molar-refractivity contribution < 1.29 is 34.1 Å². The van der Waals surface area contributed by atoms with Gasteiger partial charge in [-0.1, -0.05) is 11.6 Å². The van der Waals surface area contributed by atoms with Gasteiger partial charge < -0.3 is 14.7 Å². The number of carbonyl (C=O) groups is 3. The number of aliphatic carboxylic acids is 1. The molecule has 41 heavy (non-hydrogen) atoms. The average molecular weight is 582 g/mol. The Hall–Kier alpha value is -4.58. The topological polar surface area (TPSA) is 170 Å². The number of halogens is 1. The van der Waals surface area contributed by atoms with E-state index in [1.807, 2.05) is 4.90 Å². The Labute approximate surface area is 238 Å². The average Bonchev–Trinajstić information content (AvgIpc) is 2.92. The highest BCUT2D eigenvalue weighted by molar-refractivity contribution is 6.30. The minimum absolute atomic E-state index is 0.0887. The molecule has 12 nitrogen and oxygen atoms in total. The number of carboxylic acid groups (broad SMARTS) is 1. The molecule has 1 aliphatic heterocycles. The highest BCUT2D eigenvalue weighted by Gasteiger charge is 2.44. The van der Waals surface area contributed by atoms with Crippen LogP contribution in [-0.4, -0.2) is 43.9 Å². The maximum Gasteiger partial charge on any atom is 0.318 e. The van der Waals surface area contributed by atoms with Crippen LogP contribution >= 0.6 is 11.6 Å². The van der Waals surface area contributed by atoms with Gasteiger partial charge in [0.2, 0.25) is 5.75 Å². The monoisotopic (exact) mass is 581 g/mol. The van der Waals surface area contributed by atoms with E-state index in [9.17, 15) is 39.7 Å². The van der Waals surface area contributed by atoms with Gasteiger partial charge in [0, 0.05) is 64.5 Å². The molecule has 13 heteroatoms. The summed E-state index contributed by atoms with van der Waals surface area (Å²) in [6.45, 7) is 0.105. The zero-order valence-electron chi connectivity index (χ0n) is 21.6. The summed E-state index contributed by atoms with van der Waals surface area (Å²) >= 11 is 6.40. The second-order valence-electron chi connectivity index (χ2n) is 9.95. The van der Waals surface area contributed by atoms with Crippen molar-refractivity contribution in [3.8, 4) is 11.5 Å². The molecule has 212 valence electrons. The smallest absolute Gasteiger partial charge is 0.318 e. The standard InChI is InChI=1S/C28H24ClN3O9/c29-15-7-9-23(41-24-10-8-16(31(37)38)14-20(24)32(39)40)17(13-15)26-27-18(3-1-5-21(27)33)30(12-11-25(35)36)19-4-2-6-22(34)28(19)26/h7-10,13-14,26H,1-6,11-12H2,(H,35,36). The number of carboxylic acids is 1. The van der Waals surface area contributed by atoms with Crippen LogP contribution in [0.15, 0.2) is 58.9 Å². The van der Waals surface area contributed by atoms with Gasteiger partial charge in [-0.3, -0.25) is 34.6 Å². The third-order valence-electron chi connectivity index (χ3n) is 7.49. The summed E-state index contributed by atoms with van der Waals surface area (Å²) in [7, 11) is 0. The third kappa shape index (κ3) is 5.30. The van der Waals surface area contributed by atoms with Crippen molar-refractivity contribution in [2.75, 3.05) is 6.54 Å². The lowest BCUT2D eigenvalue weighted by Crippen LogP contribution is -2.40. The number of ketones is 2. The first-order valence-electron chi connectivity index (χ1n) is 13.0. The van der Waals surface area contributed by atoms with Crippen molar-refractivity contribution in [3.63, 3.8) is 0 Å². The van der Waals surface area contributed by atoms with E-state index in [-0.39, 0.29) is 53.9 Å². The van der Waals surface area contributed by atoms with Crippen molar-refractivity contribution in [2.45, 2.75) is 50.9 Å². The zero-order valence-corrected chi connectivity index (χ0v) is 22.4. The number of nitro groups is 2. The number of ether oxygens (including phenoxy) is 1. The van der Waals surface area contributed by atoms with E-state index >= 15 is 0 Å². The lowest BCUT2D eigenvalue weighted by atomic mass is 9.70. The SMILES string of the molecule is O=C(O)CCN1C2=C(C(=O)CCC2)C(c2cc(Cl)ccc2Oc2ccc([N+](=O)[O-])cc2[N+](=O)[O-])C2=C1CCCC2=O. The van der Waals surface area contributed by atoms with Crippen LogP contribution in [0.2, 0.25) is 5.02 Å². The molecule has 2 aliphatic carbocycles. The summed E-state index contributed by atoms with van der Waals surface area (Å²) in [6, 6.07) is 7.51. The predicted octanol–water partition coefficient (Wildman–Crippen LogP) is 5.84. The van der Waals surface area contributed by atoms with E-state index < -0.39 is 33.1 Å². The van der Waals surface area contributed by atoms with Gasteiger partial charge in [-0.05, 0) is 49.9 Å². The molecule has 3 aliphatic rings. The Morgan fingerprint density at radius 2 is 1.54 bits per heavy atom. The van der Waals surface area contributed by atoms with Gasteiger partial charge in [-0.2, -0.15) is 0 Å². The number of benzene rings is 2. The third-order valence-corrected chi connectivity index (χ3v) is 7.72. The number of hydrogen-bond acceptors (Lipinski definition) is 9. The number of nitro benzene ring substituents is 2. The number of rotatable bonds is 8. The van der Waals surface area contributed by atoms with Gasteiger partial charge >= 0.3 is 11.7 Å². The van der Waals surface area contributed by atoms with E-state index in [0.29, 0.717) is 53.8 Å². The molecule has 2 aromatic rings. The normalized spacial score (nSPS) is 17.3. The van der Waals surface area contributed by atoms with Gasteiger partial charge in [0.05, 0.1) is 22.3 Å². The molecule has 5 rings (SSSR count). The molecule has 0 amide bonds. The van der Waals surface area contributed by atoms with Crippen LogP contribution in [0.5, 0.6) is 11.5 Å². The second-order valence-corrected chi connectivity index (χ2v) is 10.4. The van der Waals surface area contributed by atoms with Crippen molar-refractivity contribution in [2.24, 2.45) is 0 Å². The van der Waals surface area contributed by atoms with Crippen LogP contribution in [0, 0.1) is 20.2 Å². The maximum atomic E-state index is 13.5. The Kier molecular flexibility index (Phi) is 7.59. The van der Waals surface area contributed by atoms with Crippen molar-refractivity contribution in [1.29, 1.82) is 0 Å². The van der Waals surface area contributed by atoms with Crippen LogP contribution in [0.1, 0.15) is 56.4 Å². The Bertz CT molecular complexity index is 1540. The molecular weight excluding hydrogens is 558 g/mol. The summed E-state index contributed by atoms with van der Waals surface area (Å²) in [5.74, 6) is -2.44. The summed E-state index contributed by atoms with van der Waals surface area (Å²) < 4.78 is 6.00. The fourth-order valence-electron chi connectivity index (χ4n) is 5.81. The van der Waals surface area contributed by atoms with Crippen LogP contribution in [0.4, 0.5) is 11.4 Å². The Balaban J connectivity index is 1.70. The van der Waals surface area contributed by atoms with Gasteiger partial charge in [0.1, 0.15) is 5.75 Å². The number of carbonyl (C=O) groups excluding carboxylic acids is 2. The van der Waals surface area contributed by atoms with Gasteiger partial charge in [0.25, 0.3) is 5.69 Å². The first-order chi connectivity index (χ1) is 19.6. The quantitative estimate of drug-likeness (QED) is 0.295. The number of nitrogens with zero attached hydrogens (tertiary/aromatic N) is 3. The molecule has 0 fully saturated rings. The van der Waals surface area contributed by atoms with E-state index in [1.165, 1.54) is 12.1 Å². The van der Waals surface area contributed by atoms with Crippen LogP contribution in [-0.2, 0) is 14.4 Å².